The molecule has 2 N–H and O–H groups in total. The summed E-state index contributed by atoms with van der Waals surface area (Å²) in [5, 5.41) is 16.5. The molecule has 0 radical (unpaired) electrons. The molecule has 2 saturated heterocycles. The number of hydrogen-bond donors (Lipinski definition) is 2. The summed E-state index contributed by atoms with van der Waals surface area (Å²) >= 11 is 0. The lowest BCUT2D eigenvalue weighted by molar-refractivity contribution is -0.152. The number of imidazole rings is 1. The van der Waals surface area contributed by atoms with E-state index in [1.807, 2.05) is 52.7 Å². The van der Waals surface area contributed by atoms with E-state index in [2.05, 4.69) is 4.98 Å². The minimum absolute atomic E-state index is 0.0545. The molecule has 0 saturated carbocycles. The number of ether oxygens (including phenoxy) is 1. The summed E-state index contributed by atoms with van der Waals surface area (Å²) in [6.45, 7) is 1.97. The molecule has 2 aromatic rings. The van der Waals surface area contributed by atoms with E-state index in [0.717, 1.165) is 24.0 Å². The van der Waals surface area contributed by atoms with Gasteiger partial charge in [0.25, 0.3) is 6.47 Å². The van der Waals surface area contributed by atoms with Crippen LogP contribution < -0.4 is 0 Å². The molecule has 1 unspecified atom stereocenters. The maximum absolute atomic E-state index is 12.8. The number of aryl methyl sites for hydroxylation is 1. The van der Waals surface area contributed by atoms with Gasteiger partial charge in [0.15, 0.2) is 0 Å². The van der Waals surface area contributed by atoms with Gasteiger partial charge < -0.3 is 29.3 Å². The molecule has 1 spiro atoms. The van der Waals surface area contributed by atoms with Crippen molar-refractivity contribution in [3.05, 3.63) is 30.1 Å². The van der Waals surface area contributed by atoms with Gasteiger partial charge in [-0.1, -0.05) is 12.1 Å². The molecular formula is C23H32N4O6. The Morgan fingerprint density at radius 1 is 1.30 bits per heavy atom. The number of carbonyl (C=O) groups is 3. The first-order valence-electron chi connectivity index (χ1n) is 11.1. The van der Waals surface area contributed by atoms with Crippen LogP contribution >= 0.6 is 0 Å². The molecule has 33 heavy (non-hydrogen) atoms. The van der Waals surface area contributed by atoms with E-state index in [0.29, 0.717) is 44.7 Å². The number of carbonyl (C=O) groups excluding carboxylic acids is 2. The van der Waals surface area contributed by atoms with E-state index >= 15 is 0 Å². The minimum Gasteiger partial charge on any atom is -0.483 e. The monoisotopic (exact) mass is 460 g/mol. The number of aromatic nitrogens is 2. The largest absolute Gasteiger partial charge is 0.483 e. The molecule has 1 aromatic carbocycles. The number of amides is 1. The van der Waals surface area contributed by atoms with Crippen LogP contribution in [0.25, 0.3) is 11.0 Å². The van der Waals surface area contributed by atoms with Crippen molar-refractivity contribution in [2.75, 3.05) is 33.7 Å². The highest BCUT2D eigenvalue weighted by Gasteiger charge is 2.50. The summed E-state index contributed by atoms with van der Waals surface area (Å²) in [5.41, 5.74) is 1.32. The highest BCUT2D eigenvalue weighted by molar-refractivity contribution is 5.81. The number of fused-ring (bicyclic) bond motifs is 1. The first-order valence-corrected chi connectivity index (χ1v) is 11.1. The standard InChI is InChI=1S/C22H30N4O4.CH2O2/c1-24(2)14-16-13-22(21(29)30-16)8-11-25(12-9-22)20(28)7-10-26-18-6-4-3-5-17(18)23-19(26)15-27;2-1-3/h3-6,16,27H,7-15H2,1-2H3;1H,(H,2,3). The van der Waals surface area contributed by atoms with Crippen LogP contribution in [0, 0.1) is 5.41 Å². The van der Waals surface area contributed by atoms with Crippen molar-refractivity contribution < 1.29 is 29.3 Å². The first kappa shape index (κ1) is 24.7. The number of para-hydroxylation sites is 2. The third-order valence-electron chi connectivity index (χ3n) is 6.39. The lowest BCUT2D eigenvalue weighted by Crippen LogP contribution is -2.45. The Labute approximate surface area is 192 Å². The molecule has 1 amide bonds. The Hall–Kier alpha value is -2.98. The third-order valence-corrected chi connectivity index (χ3v) is 6.39. The van der Waals surface area contributed by atoms with Crippen molar-refractivity contribution in [1.82, 2.24) is 19.4 Å². The smallest absolute Gasteiger partial charge is 0.312 e. The molecular weight excluding hydrogens is 428 g/mol. The third kappa shape index (κ3) is 5.51. The van der Waals surface area contributed by atoms with Gasteiger partial charge in [-0.15, -0.1) is 0 Å². The number of benzene rings is 1. The van der Waals surface area contributed by atoms with E-state index in [9.17, 15) is 14.7 Å². The summed E-state index contributed by atoms with van der Waals surface area (Å²) in [6, 6.07) is 7.69. The predicted molar refractivity (Wildman–Crippen MR) is 120 cm³/mol. The zero-order chi connectivity index (χ0) is 24.0. The second kappa shape index (κ2) is 10.8. The zero-order valence-corrected chi connectivity index (χ0v) is 19.1. The Morgan fingerprint density at radius 2 is 1.97 bits per heavy atom. The Morgan fingerprint density at radius 3 is 2.61 bits per heavy atom. The number of nitrogens with zero attached hydrogens (tertiary/aromatic N) is 4. The summed E-state index contributed by atoms with van der Waals surface area (Å²) in [4.78, 5) is 42.0. The van der Waals surface area contributed by atoms with Crippen LogP contribution in [0.5, 0.6) is 0 Å². The van der Waals surface area contributed by atoms with Gasteiger partial charge in [-0.25, -0.2) is 4.98 Å². The van der Waals surface area contributed by atoms with Crippen LogP contribution in [0.15, 0.2) is 24.3 Å². The number of piperidine rings is 1. The molecule has 4 rings (SSSR count). The van der Waals surface area contributed by atoms with Crippen LogP contribution in [-0.2, 0) is 32.3 Å². The van der Waals surface area contributed by atoms with Crippen molar-refractivity contribution >= 4 is 29.4 Å². The highest BCUT2D eigenvalue weighted by atomic mass is 16.6. The highest BCUT2D eigenvalue weighted by Crippen LogP contribution is 2.43. The minimum atomic E-state index is -0.429. The summed E-state index contributed by atoms with van der Waals surface area (Å²) in [5.74, 6) is 0.545. The fourth-order valence-corrected chi connectivity index (χ4v) is 4.80. The average Bonchev–Trinajstić information content (AvgIpc) is 3.29. The van der Waals surface area contributed by atoms with Crippen molar-refractivity contribution in [1.29, 1.82) is 0 Å². The molecule has 180 valence electrons. The van der Waals surface area contributed by atoms with Crippen LogP contribution in [-0.4, -0.2) is 87.7 Å². The number of rotatable bonds is 6. The van der Waals surface area contributed by atoms with Crippen molar-refractivity contribution in [2.24, 2.45) is 5.41 Å². The molecule has 1 atom stereocenters. The molecule has 2 fully saturated rings. The number of carboxylic acid groups (broad SMARTS) is 1. The summed E-state index contributed by atoms with van der Waals surface area (Å²) in [7, 11) is 3.96. The average molecular weight is 461 g/mol. The maximum atomic E-state index is 12.8. The number of likely N-dealkylation sites (tertiary alicyclic amines) is 1. The molecule has 0 bridgehead atoms. The molecule has 2 aliphatic rings. The van der Waals surface area contributed by atoms with Gasteiger partial charge in [0, 0.05) is 39.0 Å². The Bertz CT molecular complexity index is 980. The van der Waals surface area contributed by atoms with E-state index in [4.69, 9.17) is 14.6 Å². The molecule has 10 nitrogen and oxygen atoms in total. The normalized spacial score (nSPS) is 19.5. The number of aliphatic hydroxyl groups is 1. The van der Waals surface area contributed by atoms with Gasteiger partial charge in [0.05, 0.1) is 16.4 Å². The molecule has 10 heteroatoms. The molecule has 3 heterocycles. The van der Waals surface area contributed by atoms with Crippen LogP contribution in [0.2, 0.25) is 0 Å². The topological polar surface area (TPSA) is 125 Å². The van der Waals surface area contributed by atoms with Crippen LogP contribution in [0.4, 0.5) is 0 Å². The fourth-order valence-electron chi connectivity index (χ4n) is 4.80. The molecule has 0 aliphatic carbocycles. The Balaban J connectivity index is 0.000000968. The van der Waals surface area contributed by atoms with Gasteiger partial charge in [0.1, 0.15) is 18.5 Å². The lowest BCUT2D eigenvalue weighted by atomic mass is 9.76. The van der Waals surface area contributed by atoms with Crippen molar-refractivity contribution in [2.45, 2.75) is 44.9 Å². The van der Waals surface area contributed by atoms with E-state index in [1.54, 1.807) is 0 Å². The van der Waals surface area contributed by atoms with Gasteiger partial charge in [0.2, 0.25) is 5.91 Å². The molecule has 2 aliphatic heterocycles. The predicted octanol–water partition coefficient (Wildman–Crippen LogP) is 1.11. The maximum Gasteiger partial charge on any atom is 0.312 e. The number of aliphatic hydroxyl groups excluding tert-OH is 1. The number of cyclic esters (lactones) is 1. The summed E-state index contributed by atoms with van der Waals surface area (Å²) < 4.78 is 7.52. The van der Waals surface area contributed by atoms with Gasteiger partial charge in [-0.05, 0) is 39.1 Å². The second-order valence-electron chi connectivity index (χ2n) is 8.84. The van der Waals surface area contributed by atoms with Gasteiger partial charge in [-0.3, -0.25) is 14.4 Å². The van der Waals surface area contributed by atoms with Crippen LogP contribution in [0.3, 0.4) is 0 Å². The number of esters is 1. The summed E-state index contributed by atoms with van der Waals surface area (Å²) in [6.07, 6.45) is 2.36. The second-order valence-corrected chi connectivity index (χ2v) is 8.84. The van der Waals surface area contributed by atoms with Crippen molar-refractivity contribution in [3.63, 3.8) is 0 Å². The fraction of sp³-hybridized carbons (Fsp3) is 0.565. The first-order chi connectivity index (χ1) is 15.8. The zero-order valence-electron chi connectivity index (χ0n) is 19.1. The van der Waals surface area contributed by atoms with E-state index < -0.39 is 5.41 Å². The Kier molecular flexibility index (Phi) is 8.04. The van der Waals surface area contributed by atoms with Gasteiger partial charge >= 0.3 is 5.97 Å². The van der Waals surface area contributed by atoms with Gasteiger partial charge in [-0.2, -0.15) is 0 Å². The molecule has 1 aromatic heterocycles. The van der Waals surface area contributed by atoms with Crippen molar-refractivity contribution in [3.8, 4) is 0 Å². The number of hydrogen-bond acceptors (Lipinski definition) is 7. The number of likely N-dealkylation sites (N-methyl/N-ethyl adjacent to an activating group) is 1. The lowest BCUT2D eigenvalue weighted by Gasteiger charge is -2.36. The van der Waals surface area contributed by atoms with E-state index in [-0.39, 0.29) is 31.1 Å². The van der Waals surface area contributed by atoms with E-state index in [1.165, 1.54) is 0 Å². The van der Waals surface area contributed by atoms with Crippen LogP contribution in [0.1, 0.15) is 31.5 Å². The quantitative estimate of drug-likeness (QED) is 0.485. The SMILES string of the molecule is CN(C)CC1CC2(CCN(C(=O)CCn3c(CO)nc4ccccc43)CC2)C(=O)O1.O=CO.